The van der Waals surface area contributed by atoms with E-state index < -0.39 is 0 Å². The van der Waals surface area contributed by atoms with Crippen molar-refractivity contribution in [3.63, 3.8) is 0 Å². The van der Waals surface area contributed by atoms with Gasteiger partial charge in [-0.15, -0.1) is 0 Å². The van der Waals surface area contributed by atoms with Gasteiger partial charge in [-0.1, -0.05) is 25.0 Å². The van der Waals surface area contributed by atoms with Gasteiger partial charge in [0, 0.05) is 30.7 Å². The Morgan fingerprint density at radius 1 is 1.05 bits per heavy atom. The number of nitrogens with zero attached hydrogens (tertiary/aromatic N) is 1. The number of nitrogens with two attached hydrogens (primary N) is 1. The van der Waals surface area contributed by atoms with Crippen LogP contribution in [-0.4, -0.2) is 32.8 Å². The van der Waals surface area contributed by atoms with Crippen LogP contribution in [0.2, 0.25) is 0 Å². The summed E-state index contributed by atoms with van der Waals surface area (Å²) in [7, 11) is 0. The highest BCUT2D eigenvalue weighted by molar-refractivity contribution is 5.49. The first-order valence-electron chi connectivity index (χ1n) is 7.47. The minimum Gasteiger partial charge on any atom is -0.378 e. The van der Waals surface area contributed by atoms with Crippen molar-refractivity contribution in [3.05, 3.63) is 29.8 Å². The summed E-state index contributed by atoms with van der Waals surface area (Å²) in [4.78, 5) is 2.40. The zero-order valence-corrected chi connectivity index (χ0v) is 11.6. The average molecular weight is 260 g/mol. The number of hydrogen-bond acceptors (Lipinski definition) is 3. The third-order valence-corrected chi connectivity index (χ3v) is 4.81. The second-order valence-corrected chi connectivity index (χ2v) is 5.84. The fourth-order valence-corrected chi connectivity index (χ4v) is 3.51. The molecule has 2 aliphatic rings. The standard InChI is InChI=1S/C16H24N2O/c17-13-16(7-1-2-8-16)14-3-5-15(6-4-14)18-9-11-19-12-10-18/h3-6H,1-2,7-13,17H2. The summed E-state index contributed by atoms with van der Waals surface area (Å²) in [6, 6.07) is 9.11. The maximum Gasteiger partial charge on any atom is 0.0642 e. The Hall–Kier alpha value is -1.06. The predicted octanol–water partition coefficient (Wildman–Crippen LogP) is 2.29. The molecule has 0 radical (unpaired) electrons. The molecule has 0 atom stereocenters. The van der Waals surface area contributed by atoms with Crippen LogP contribution in [0.5, 0.6) is 0 Å². The first-order valence-corrected chi connectivity index (χ1v) is 7.47. The minimum atomic E-state index is 0.254. The maximum atomic E-state index is 6.05. The molecule has 1 aliphatic carbocycles. The van der Waals surface area contributed by atoms with Crippen LogP contribution in [0.4, 0.5) is 5.69 Å². The van der Waals surface area contributed by atoms with Gasteiger partial charge in [0.2, 0.25) is 0 Å². The van der Waals surface area contributed by atoms with Crippen LogP contribution < -0.4 is 10.6 Å². The van der Waals surface area contributed by atoms with Gasteiger partial charge in [-0.25, -0.2) is 0 Å². The zero-order valence-electron chi connectivity index (χ0n) is 11.6. The summed E-state index contributed by atoms with van der Waals surface area (Å²) in [5.41, 5.74) is 9.06. The van der Waals surface area contributed by atoms with Gasteiger partial charge in [-0.05, 0) is 30.5 Å². The first-order chi connectivity index (χ1) is 9.34. The van der Waals surface area contributed by atoms with Gasteiger partial charge in [0.1, 0.15) is 0 Å². The molecule has 0 amide bonds. The molecule has 0 unspecified atom stereocenters. The molecule has 3 rings (SSSR count). The number of benzene rings is 1. The Kier molecular flexibility index (Phi) is 3.76. The molecule has 1 aromatic rings. The zero-order chi connectivity index (χ0) is 13.1. The van der Waals surface area contributed by atoms with Crippen molar-refractivity contribution in [2.75, 3.05) is 37.7 Å². The van der Waals surface area contributed by atoms with Crippen LogP contribution in [0, 0.1) is 0 Å². The van der Waals surface area contributed by atoms with E-state index in [4.69, 9.17) is 10.5 Å². The molecule has 2 fully saturated rings. The monoisotopic (exact) mass is 260 g/mol. The van der Waals surface area contributed by atoms with E-state index in [1.807, 2.05) is 0 Å². The van der Waals surface area contributed by atoms with Gasteiger partial charge in [0.25, 0.3) is 0 Å². The number of anilines is 1. The second-order valence-electron chi connectivity index (χ2n) is 5.84. The number of hydrogen-bond donors (Lipinski definition) is 1. The Balaban J connectivity index is 1.78. The molecule has 1 aliphatic heterocycles. The summed E-state index contributed by atoms with van der Waals surface area (Å²) in [6.45, 7) is 4.47. The molecule has 19 heavy (non-hydrogen) atoms. The highest BCUT2D eigenvalue weighted by atomic mass is 16.5. The molecule has 0 spiro atoms. The molecule has 1 saturated carbocycles. The van der Waals surface area contributed by atoms with Crippen LogP contribution in [0.1, 0.15) is 31.2 Å². The lowest BCUT2D eigenvalue weighted by Gasteiger charge is -2.31. The van der Waals surface area contributed by atoms with Crippen LogP contribution >= 0.6 is 0 Å². The quantitative estimate of drug-likeness (QED) is 0.906. The van der Waals surface area contributed by atoms with Crippen molar-refractivity contribution in [3.8, 4) is 0 Å². The highest BCUT2D eigenvalue weighted by Crippen LogP contribution is 2.40. The van der Waals surface area contributed by atoms with E-state index in [1.165, 1.54) is 36.9 Å². The average Bonchev–Trinajstić information content (AvgIpc) is 2.98. The van der Waals surface area contributed by atoms with Crippen molar-refractivity contribution < 1.29 is 4.74 Å². The van der Waals surface area contributed by atoms with Gasteiger partial charge < -0.3 is 15.4 Å². The number of ether oxygens (including phenoxy) is 1. The van der Waals surface area contributed by atoms with Crippen LogP contribution in [-0.2, 0) is 10.2 Å². The summed E-state index contributed by atoms with van der Waals surface area (Å²) in [5.74, 6) is 0. The van der Waals surface area contributed by atoms with Crippen molar-refractivity contribution in [2.45, 2.75) is 31.1 Å². The van der Waals surface area contributed by atoms with E-state index in [9.17, 15) is 0 Å². The molecule has 3 nitrogen and oxygen atoms in total. The van der Waals surface area contributed by atoms with Gasteiger partial charge in [0.05, 0.1) is 13.2 Å². The lowest BCUT2D eigenvalue weighted by Crippen LogP contribution is -2.36. The van der Waals surface area contributed by atoms with Crippen molar-refractivity contribution in [2.24, 2.45) is 5.73 Å². The van der Waals surface area contributed by atoms with Gasteiger partial charge in [-0.3, -0.25) is 0 Å². The number of morpholine rings is 1. The SMILES string of the molecule is NCC1(c2ccc(N3CCOCC3)cc2)CCCC1. The Labute approximate surface area is 115 Å². The van der Waals surface area contributed by atoms with Crippen molar-refractivity contribution in [1.29, 1.82) is 0 Å². The Bertz CT molecular complexity index is 403. The summed E-state index contributed by atoms with van der Waals surface area (Å²) < 4.78 is 5.40. The fraction of sp³-hybridized carbons (Fsp3) is 0.625. The van der Waals surface area contributed by atoms with Crippen molar-refractivity contribution in [1.82, 2.24) is 0 Å². The van der Waals surface area contributed by atoms with Gasteiger partial charge >= 0.3 is 0 Å². The van der Waals surface area contributed by atoms with E-state index in [1.54, 1.807) is 0 Å². The molecular formula is C16H24N2O. The maximum absolute atomic E-state index is 6.05. The molecule has 2 N–H and O–H groups in total. The summed E-state index contributed by atoms with van der Waals surface area (Å²) >= 11 is 0. The normalized spacial score (nSPS) is 22.7. The van der Waals surface area contributed by atoms with E-state index in [0.717, 1.165) is 32.8 Å². The van der Waals surface area contributed by atoms with Gasteiger partial charge in [-0.2, -0.15) is 0 Å². The molecule has 104 valence electrons. The molecule has 1 saturated heterocycles. The summed E-state index contributed by atoms with van der Waals surface area (Å²) in [5, 5.41) is 0. The topological polar surface area (TPSA) is 38.5 Å². The largest absolute Gasteiger partial charge is 0.378 e. The van der Waals surface area contributed by atoms with E-state index >= 15 is 0 Å². The third kappa shape index (κ3) is 2.49. The minimum absolute atomic E-state index is 0.254. The molecule has 3 heteroatoms. The van der Waals surface area contributed by atoms with E-state index in [0.29, 0.717) is 0 Å². The lowest BCUT2D eigenvalue weighted by atomic mass is 9.79. The van der Waals surface area contributed by atoms with E-state index in [-0.39, 0.29) is 5.41 Å². The molecule has 0 bridgehead atoms. The smallest absolute Gasteiger partial charge is 0.0642 e. The molecule has 0 aromatic heterocycles. The van der Waals surface area contributed by atoms with E-state index in [2.05, 4.69) is 29.2 Å². The van der Waals surface area contributed by atoms with Crippen molar-refractivity contribution >= 4 is 5.69 Å². The Morgan fingerprint density at radius 2 is 1.68 bits per heavy atom. The van der Waals surface area contributed by atoms with Crippen LogP contribution in [0.25, 0.3) is 0 Å². The molecule has 1 heterocycles. The number of rotatable bonds is 3. The van der Waals surface area contributed by atoms with Crippen LogP contribution in [0.15, 0.2) is 24.3 Å². The highest BCUT2D eigenvalue weighted by Gasteiger charge is 2.34. The lowest BCUT2D eigenvalue weighted by molar-refractivity contribution is 0.122. The second kappa shape index (κ2) is 5.51. The van der Waals surface area contributed by atoms with Gasteiger partial charge in [0.15, 0.2) is 0 Å². The molecule has 1 aromatic carbocycles. The Morgan fingerprint density at radius 3 is 2.26 bits per heavy atom. The summed E-state index contributed by atoms with van der Waals surface area (Å²) in [6.07, 6.45) is 5.14. The van der Waals surface area contributed by atoms with Crippen LogP contribution in [0.3, 0.4) is 0 Å². The predicted molar refractivity (Wildman–Crippen MR) is 78.7 cm³/mol. The fourth-order valence-electron chi connectivity index (χ4n) is 3.51. The first kappa shape index (κ1) is 12.9. The molecular weight excluding hydrogens is 236 g/mol. The third-order valence-electron chi connectivity index (χ3n) is 4.81.